The minimum atomic E-state index is -0.781. The van der Waals surface area contributed by atoms with E-state index in [2.05, 4.69) is 10.6 Å². The van der Waals surface area contributed by atoms with Crippen LogP contribution in [0.2, 0.25) is 0 Å². The number of carbonyl (C=O) groups is 2. The lowest BCUT2D eigenvalue weighted by molar-refractivity contribution is -0.122. The fourth-order valence-corrected chi connectivity index (χ4v) is 4.17. The van der Waals surface area contributed by atoms with Crippen LogP contribution in [0.15, 0.2) is 18.2 Å². The Bertz CT molecular complexity index is 684. The molecular formula is C21H29F2N3O2. The number of hydrogen-bond acceptors (Lipinski definition) is 2. The van der Waals surface area contributed by atoms with E-state index in [0.717, 1.165) is 31.4 Å². The van der Waals surface area contributed by atoms with Crippen LogP contribution in [-0.2, 0) is 4.79 Å². The topological polar surface area (TPSA) is 61.4 Å². The quantitative estimate of drug-likeness (QED) is 0.757. The first-order chi connectivity index (χ1) is 13.5. The van der Waals surface area contributed by atoms with Gasteiger partial charge in [-0.1, -0.05) is 12.8 Å². The number of anilines is 1. The van der Waals surface area contributed by atoms with Crippen molar-refractivity contribution in [2.45, 2.75) is 51.4 Å². The van der Waals surface area contributed by atoms with Crippen LogP contribution < -0.4 is 10.6 Å². The fraction of sp³-hybridized carbons (Fsp3) is 0.619. The maximum absolute atomic E-state index is 13.7. The van der Waals surface area contributed by atoms with E-state index in [9.17, 15) is 18.4 Å². The molecule has 0 aromatic heterocycles. The lowest BCUT2D eigenvalue weighted by atomic mass is 9.93. The number of benzene rings is 1. The summed E-state index contributed by atoms with van der Waals surface area (Å²) in [5.74, 6) is -0.264. The van der Waals surface area contributed by atoms with Gasteiger partial charge in [-0.2, -0.15) is 0 Å². The Hall–Kier alpha value is -2.18. The Kier molecular flexibility index (Phi) is 7.23. The van der Waals surface area contributed by atoms with Gasteiger partial charge < -0.3 is 15.5 Å². The molecule has 28 heavy (non-hydrogen) atoms. The van der Waals surface area contributed by atoms with E-state index in [1.807, 2.05) is 0 Å². The molecule has 1 aliphatic heterocycles. The molecule has 3 amide bonds. The third-order valence-corrected chi connectivity index (χ3v) is 5.90. The van der Waals surface area contributed by atoms with E-state index in [-0.39, 0.29) is 17.6 Å². The molecule has 2 fully saturated rings. The molecule has 7 heteroatoms. The molecule has 5 nitrogen and oxygen atoms in total. The van der Waals surface area contributed by atoms with Crippen molar-refractivity contribution in [1.82, 2.24) is 10.2 Å². The molecule has 0 unspecified atom stereocenters. The van der Waals surface area contributed by atoms with Crippen LogP contribution >= 0.6 is 0 Å². The van der Waals surface area contributed by atoms with Crippen LogP contribution in [0.4, 0.5) is 19.3 Å². The second kappa shape index (κ2) is 9.85. The number of piperidine rings is 1. The summed E-state index contributed by atoms with van der Waals surface area (Å²) in [5, 5.41) is 5.53. The Morgan fingerprint density at radius 2 is 1.75 bits per heavy atom. The zero-order chi connectivity index (χ0) is 19.9. The number of likely N-dealkylation sites (tertiary alicyclic amines) is 1. The van der Waals surface area contributed by atoms with Gasteiger partial charge in [-0.15, -0.1) is 0 Å². The number of amides is 3. The highest BCUT2D eigenvalue weighted by Crippen LogP contribution is 2.27. The normalized spacial score (nSPS) is 18.3. The summed E-state index contributed by atoms with van der Waals surface area (Å²) in [4.78, 5) is 25.9. The van der Waals surface area contributed by atoms with Gasteiger partial charge in [0, 0.05) is 32.1 Å². The summed E-state index contributed by atoms with van der Waals surface area (Å²) in [6.07, 6.45) is 8.13. The first-order valence-corrected chi connectivity index (χ1v) is 10.3. The molecule has 0 spiro atoms. The van der Waals surface area contributed by atoms with Crippen molar-refractivity contribution in [1.29, 1.82) is 0 Å². The van der Waals surface area contributed by atoms with Crippen LogP contribution in [0, 0.1) is 23.5 Å². The molecule has 0 bridgehead atoms. The molecule has 1 aromatic rings. The van der Waals surface area contributed by atoms with Gasteiger partial charge in [-0.05, 0) is 56.1 Å². The van der Waals surface area contributed by atoms with Crippen molar-refractivity contribution in [3.63, 3.8) is 0 Å². The van der Waals surface area contributed by atoms with Crippen molar-refractivity contribution >= 4 is 17.6 Å². The van der Waals surface area contributed by atoms with Crippen LogP contribution in [0.3, 0.4) is 0 Å². The second-order valence-corrected chi connectivity index (χ2v) is 7.98. The van der Waals surface area contributed by atoms with Crippen molar-refractivity contribution in [3.05, 3.63) is 29.8 Å². The molecule has 1 heterocycles. The highest BCUT2D eigenvalue weighted by Gasteiger charge is 2.24. The fourth-order valence-electron chi connectivity index (χ4n) is 4.17. The van der Waals surface area contributed by atoms with Crippen molar-refractivity contribution in [3.8, 4) is 0 Å². The predicted octanol–water partition coefficient (Wildman–Crippen LogP) is 4.30. The molecule has 1 aliphatic carbocycles. The van der Waals surface area contributed by atoms with E-state index in [1.165, 1.54) is 31.7 Å². The Morgan fingerprint density at radius 1 is 1.04 bits per heavy atom. The summed E-state index contributed by atoms with van der Waals surface area (Å²) in [5.41, 5.74) is -0.0153. The number of carbonyl (C=O) groups excluding carboxylic acids is 2. The van der Waals surface area contributed by atoms with Gasteiger partial charge in [0.1, 0.15) is 11.6 Å². The third-order valence-electron chi connectivity index (χ3n) is 5.90. The molecule has 0 atom stereocenters. The number of hydrogen-bond donors (Lipinski definition) is 2. The summed E-state index contributed by atoms with van der Waals surface area (Å²) >= 11 is 0. The lowest BCUT2D eigenvalue weighted by Gasteiger charge is -2.32. The largest absolute Gasteiger partial charge is 0.356 e. The minimum Gasteiger partial charge on any atom is -0.356 e. The number of nitrogens with one attached hydrogen (secondary N) is 2. The van der Waals surface area contributed by atoms with E-state index in [1.54, 1.807) is 4.90 Å². The summed E-state index contributed by atoms with van der Waals surface area (Å²) < 4.78 is 26.6. The summed E-state index contributed by atoms with van der Waals surface area (Å²) in [6.45, 7) is 1.87. The average Bonchev–Trinajstić information content (AvgIpc) is 3.17. The predicted molar refractivity (Wildman–Crippen MR) is 104 cm³/mol. The molecular weight excluding hydrogens is 364 g/mol. The standard InChI is InChI=1S/C21H29F2N3O2/c22-17-5-6-19(18(23)14-17)25-21(28)26-11-8-15(9-12-26)7-10-24-20(27)13-16-3-1-2-4-16/h5-6,14-16H,1-4,7-13H2,(H,24,27)(H,25,28). The number of halogens is 2. The van der Waals surface area contributed by atoms with Crippen molar-refractivity contribution in [2.24, 2.45) is 11.8 Å². The third kappa shape index (κ3) is 5.91. The molecule has 2 aliphatic rings. The van der Waals surface area contributed by atoms with Gasteiger partial charge in [-0.3, -0.25) is 4.79 Å². The Labute approximate surface area is 164 Å². The van der Waals surface area contributed by atoms with Gasteiger partial charge in [-0.25, -0.2) is 13.6 Å². The van der Waals surface area contributed by atoms with E-state index < -0.39 is 11.6 Å². The monoisotopic (exact) mass is 393 g/mol. The highest BCUT2D eigenvalue weighted by molar-refractivity contribution is 5.89. The van der Waals surface area contributed by atoms with Crippen LogP contribution in [0.5, 0.6) is 0 Å². The zero-order valence-corrected chi connectivity index (χ0v) is 16.2. The molecule has 3 rings (SSSR count). The maximum Gasteiger partial charge on any atom is 0.321 e. The van der Waals surface area contributed by atoms with Crippen LogP contribution in [0.25, 0.3) is 0 Å². The van der Waals surface area contributed by atoms with Gasteiger partial charge in [0.05, 0.1) is 5.69 Å². The van der Waals surface area contributed by atoms with E-state index >= 15 is 0 Å². The zero-order valence-electron chi connectivity index (χ0n) is 16.2. The molecule has 1 aromatic carbocycles. The molecule has 1 saturated heterocycles. The van der Waals surface area contributed by atoms with E-state index in [4.69, 9.17) is 0 Å². The van der Waals surface area contributed by atoms with E-state index in [0.29, 0.717) is 37.9 Å². The van der Waals surface area contributed by atoms with Crippen molar-refractivity contribution < 1.29 is 18.4 Å². The Morgan fingerprint density at radius 3 is 2.43 bits per heavy atom. The van der Waals surface area contributed by atoms with Gasteiger partial charge >= 0.3 is 6.03 Å². The SMILES string of the molecule is O=C(CC1CCCC1)NCCC1CCN(C(=O)Nc2ccc(F)cc2F)CC1. The summed E-state index contributed by atoms with van der Waals surface area (Å²) in [6, 6.07) is 2.73. The van der Waals surface area contributed by atoms with Crippen molar-refractivity contribution in [2.75, 3.05) is 25.0 Å². The van der Waals surface area contributed by atoms with Gasteiger partial charge in [0.15, 0.2) is 0 Å². The Balaban J connectivity index is 1.33. The lowest BCUT2D eigenvalue weighted by Crippen LogP contribution is -2.41. The maximum atomic E-state index is 13.7. The van der Waals surface area contributed by atoms with Gasteiger partial charge in [0.25, 0.3) is 0 Å². The number of nitrogens with zero attached hydrogens (tertiary/aromatic N) is 1. The highest BCUT2D eigenvalue weighted by atomic mass is 19.1. The van der Waals surface area contributed by atoms with Gasteiger partial charge in [0.2, 0.25) is 5.91 Å². The molecule has 2 N–H and O–H groups in total. The molecule has 1 saturated carbocycles. The first-order valence-electron chi connectivity index (χ1n) is 10.3. The second-order valence-electron chi connectivity index (χ2n) is 7.98. The minimum absolute atomic E-state index is 0.0153. The average molecular weight is 393 g/mol. The summed E-state index contributed by atoms with van der Waals surface area (Å²) in [7, 11) is 0. The first kappa shape index (κ1) is 20.6. The smallest absolute Gasteiger partial charge is 0.321 e. The van der Waals surface area contributed by atoms with Crippen LogP contribution in [0.1, 0.15) is 51.4 Å². The molecule has 0 radical (unpaired) electrons. The number of urea groups is 1. The van der Waals surface area contributed by atoms with Crippen LogP contribution in [-0.4, -0.2) is 36.5 Å². The molecule has 154 valence electrons. The number of rotatable bonds is 6.